The van der Waals surface area contributed by atoms with Crippen LogP contribution in [0.3, 0.4) is 0 Å². The Hall–Kier alpha value is -1.36. The lowest BCUT2D eigenvalue weighted by Crippen LogP contribution is -2.41. The van der Waals surface area contributed by atoms with Gasteiger partial charge in [0, 0.05) is 25.0 Å². The molecule has 5 heteroatoms. The lowest BCUT2D eigenvalue weighted by molar-refractivity contribution is -0.130. The first-order chi connectivity index (χ1) is 7.75. The summed E-state index contributed by atoms with van der Waals surface area (Å²) in [5, 5.41) is 7.03. The highest BCUT2D eigenvalue weighted by Gasteiger charge is 2.24. The van der Waals surface area contributed by atoms with E-state index in [1.807, 2.05) is 19.2 Å². The molecule has 0 bridgehead atoms. The Morgan fingerprint density at radius 2 is 2.62 bits per heavy atom. The molecule has 0 unspecified atom stereocenters. The predicted octanol–water partition coefficient (Wildman–Crippen LogP) is 0.567. The quantitative estimate of drug-likeness (QED) is 0.811. The highest BCUT2D eigenvalue weighted by atomic mass is 16.5. The summed E-state index contributed by atoms with van der Waals surface area (Å²) in [7, 11) is 0. The molecule has 0 aromatic carbocycles. The minimum Gasteiger partial charge on any atom is -0.368 e. The first-order valence-electron chi connectivity index (χ1n) is 5.65. The van der Waals surface area contributed by atoms with Crippen molar-refractivity contribution in [3.63, 3.8) is 0 Å². The van der Waals surface area contributed by atoms with Crippen molar-refractivity contribution in [2.75, 3.05) is 6.61 Å². The van der Waals surface area contributed by atoms with E-state index in [0.717, 1.165) is 12.8 Å². The van der Waals surface area contributed by atoms with Gasteiger partial charge in [-0.25, -0.2) is 0 Å². The molecule has 1 aromatic rings. The molecule has 88 valence electrons. The molecular weight excluding hydrogens is 206 g/mol. The molecule has 1 aliphatic rings. The maximum Gasteiger partial charge on any atom is 0.249 e. The molecule has 1 amide bonds. The zero-order valence-electron chi connectivity index (χ0n) is 9.43. The molecule has 1 aliphatic heterocycles. The zero-order chi connectivity index (χ0) is 11.4. The molecule has 2 atom stereocenters. The van der Waals surface area contributed by atoms with Crippen molar-refractivity contribution in [3.8, 4) is 0 Å². The van der Waals surface area contributed by atoms with Gasteiger partial charge in [-0.3, -0.25) is 9.48 Å². The van der Waals surface area contributed by atoms with Gasteiger partial charge in [0.1, 0.15) is 6.10 Å². The van der Waals surface area contributed by atoms with Gasteiger partial charge >= 0.3 is 0 Å². The van der Waals surface area contributed by atoms with Gasteiger partial charge in [-0.2, -0.15) is 5.10 Å². The third-order valence-corrected chi connectivity index (χ3v) is 2.63. The van der Waals surface area contributed by atoms with Crippen molar-refractivity contribution in [3.05, 3.63) is 18.5 Å². The molecule has 0 aliphatic carbocycles. The fourth-order valence-corrected chi connectivity index (χ4v) is 1.85. The van der Waals surface area contributed by atoms with Crippen LogP contribution >= 0.6 is 0 Å². The topological polar surface area (TPSA) is 56.2 Å². The highest BCUT2D eigenvalue weighted by molar-refractivity contribution is 5.81. The Bertz CT molecular complexity index is 331. The largest absolute Gasteiger partial charge is 0.368 e. The lowest BCUT2D eigenvalue weighted by Gasteiger charge is -2.16. The van der Waals surface area contributed by atoms with E-state index in [0.29, 0.717) is 13.2 Å². The number of amides is 1. The Balaban J connectivity index is 1.78. The monoisotopic (exact) mass is 223 g/mol. The fraction of sp³-hybridized carbons (Fsp3) is 0.636. The molecule has 1 saturated heterocycles. The molecule has 1 fully saturated rings. The minimum absolute atomic E-state index is 0.00263. The Morgan fingerprint density at radius 1 is 1.75 bits per heavy atom. The molecule has 0 saturated carbocycles. The fourth-order valence-electron chi connectivity index (χ4n) is 1.85. The van der Waals surface area contributed by atoms with Gasteiger partial charge < -0.3 is 10.1 Å². The number of ether oxygens (including phenoxy) is 1. The Labute approximate surface area is 94.8 Å². The summed E-state index contributed by atoms with van der Waals surface area (Å²) in [6.45, 7) is 3.35. The van der Waals surface area contributed by atoms with Gasteiger partial charge in [-0.05, 0) is 25.8 Å². The van der Waals surface area contributed by atoms with Crippen molar-refractivity contribution < 1.29 is 9.53 Å². The van der Waals surface area contributed by atoms with E-state index < -0.39 is 0 Å². The van der Waals surface area contributed by atoms with Crippen LogP contribution in [0.4, 0.5) is 0 Å². The molecule has 2 heterocycles. The summed E-state index contributed by atoms with van der Waals surface area (Å²) >= 11 is 0. The van der Waals surface area contributed by atoms with Crippen LogP contribution in [0.1, 0.15) is 19.8 Å². The van der Waals surface area contributed by atoms with Crippen LogP contribution in [0.15, 0.2) is 18.5 Å². The van der Waals surface area contributed by atoms with Gasteiger partial charge in [0.25, 0.3) is 0 Å². The third kappa shape index (κ3) is 2.82. The zero-order valence-corrected chi connectivity index (χ0v) is 9.43. The predicted molar refractivity (Wildman–Crippen MR) is 58.8 cm³/mol. The normalized spacial score (nSPS) is 21.9. The molecule has 2 rings (SSSR count). The number of carbonyl (C=O) groups excluding carboxylic acids is 1. The van der Waals surface area contributed by atoms with Crippen molar-refractivity contribution in [1.29, 1.82) is 0 Å². The number of hydrogen-bond donors (Lipinski definition) is 1. The van der Waals surface area contributed by atoms with Crippen LogP contribution in [-0.4, -0.2) is 34.4 Å². The summed E-state index contributed by atoms with van der Waals surface area (Å²) in [5.74, 6) is -0.00263. The van der Waals surface area contributed by atoms with Gasteiger partial charge in [0.15, 0.2) is 0 Å². The Morgan fingerprint density at radius 3 is 3.25 bits per heavy atom. The van der Waals surface area contributed by atoms with Crippen molar-refractivity contribution in [2.45, 2.75) is 38.5 Å². The average molecular weight is 223 g/mol. The smallest absolute Gasteiger partial charge is 0.249 e. The summed E-state index contributed by atoms with van der Waals surface area (Å²) in [4.78, 5) is 11.7. The molecule has 1 aromatic heterocycles. The number of carbonyl (C=O) groups is 1. The number of rotatable bonds is 4. The number of nitrogens with one attached hydrogen (secondary N) is 1. The van der Waals surface area contributed by atoms with Crippen LogP contribution in [-0.2, 0) is 16.1 Å². The van der Waals surface area contributed by atoms with Crippen molar-refractivity contribution in [1.82, 2.24) is 15.1 Å². The number of hydrogen-bond acceptors (Lipinski definition) is 3. The average Bonchev–Trinajstić information content (AvgIpc) is 2.88. The van der Waals surface area contributed by atoms with Gasteiger partial charge in [-0.1, -0.05) is 0 Å². The van der Waals surface area contributed by atoms with E-state index in [1.165, 1.54) is 0 Å². The van der Waals surface area contributed by atoms with Gasteiger partial charge in [0.05, 0.1) is 6.54 Å². The second kappa shape index (κ2) is 5.12. The Kier molecular flexibility index (Phi) is 3.56. The number of nitrogens with zero attached hydrogens (tertiary/aromatic N) is 2. The van der Waals surface area contributed by atoms with Crippen LogP contribution in [0, 0.1) is 0 Å². The van der Waals surface area contributed by atoms with Gasteiger partial charge in [0.2, 0.25) is 5.91 Å². The van der Waals surface area contributed by atoms with E-state index in [1.54, 1.807) is 10.9 Å². The van der Waals surface area contributed by atoms with Crippen LogP contribution in [0.25, 0.3) is 0 Å². The van der Waals surface area contributed by atoms with Crippen LogP contribution in [0.2, 0.25) is 0 Å². The summed E-state index contributed by atoms with van der Waals surface area (Å²) in [6.07, 6.45) is 5.18. The molecular formula is C11H17N3O2. The van der Waals surface area contributed by atoms with E-state index >= 15 is 0 Å². The molecule has 5 nitrogen and oxygen atoms in total. The summed E-state index contributed by atoms with van der Waals surface area (Å²) < 4.78 is 7.12. The number of aromatic nitrogens is 2. The summed E-state index contributed by atoms with van der Waals surface area (Å²) in [5.41, 5.74) is 0. The van der Waals surface area contributed by atoms with E-state index in [-0.39, 0.29) is 18.1 Å². The SMILES string of the molecule is C[C@H](Cn1cccn1)NC(=O)[C@H]1CCCO1. The first kappa shape index (κ1) is 11.1. The van der Waals surface area contributed by atoms with Crippen LogP contribution in [0.5, 0.6) is 0 Å². The molecule has 16 heavy (non-hydrogen) atoms. The van der Waals surface area contributed by atoms with E-state index in [4.69, 9.17) is 4.74 Å². The third-order valence-electron chi connectivity index (χ3n) is 2.63. The molecule has 0 radical (unpaired) electrons. The van der Waals surface area contributed by atoms with E-state index in [9.17, 15) is 4.79 Å². The lowest BCUT2D eigenvalue weighted by atomic mass is 10.2. The second-order valence-electron chi connectivity index (χ2n) is 4.14. The summed E-state index contributed by atoms with van der Waals surface area (Å²) in [6, 6.07) is 1.94. The maximum atomic E-state index is 11.7. The van der Waals surface area contributed by atoms with E-state index in [2.05, 4.69) is 10.4 Å². The van der Waals surface area contributed by atoms with Crippen LogP contribution < -0.4 is 5.32 Å². The molecule has 0 spiro atoms. The molecule has 1 N–H and O–H groups in total. The standard InChI is InChI=1S/C11H17N3O2/c1-9(8-14-6-3-5-12-14)13-11(15)10-4-2-7-16-10/h3,5-6,9-10H,2,4,7-8H2,1H3,(H,13,15)/t9-,10-/m1/s1. The minimum atomic E-state index is -0.250. The maximum absolute atomic E-state index is 11.7. The second-order valence-corrected chi connectivity index (χ2v) is 4.14. The van der Waals surface area contributed by atoms with Crippen molar-refractivity contribution in [2.24, 2.45) is 0 Å². The highest BCUT2D eigenvalue weighted by Crippen LogP contribution is 2.11. The van der Waals surface area contributed by atoms with Crippen molar-refractivity contribution >= 4 is 5.91 Å². The van der Waals surface area contributed by atoms with Gasteiger partial charge in [-0.15, -0.1) is 0 Å². The first-order valence-corrected chi connectivity index (χ1v) is 5.65.